The zero-order valence-electron chi connectivity index (χ0n) is 10.3. The number of carboxylic acid groups (broad SMARTS) is 1. The minimum Gasteiger partial charge on any atom is -0.478 e. The van der Waals surface area contributed by atoms with Gasteiger partial charge in [-0.15, -0.1) is 0 Å². The number of aromatic nitrogens is 1. The number of hydrogen-bond donors (Lipinski definition) is 2. The molecule has 5 heteroatoms. The molecule has 0 spiro atoms. The second-order valence-corrected chi connectivity index (χ2v) is 5.75. The minimum atomic E-state index is -0.954. The maximum Gasteiger partial charge on any atom is 0.339 e. The molecule has 98 valence electrons. The van der Waals surface area contributed by atoms with E-state index in [-0.39, 0.29) is 11.6 Å². The predicted octanol–water partition coefficient (Wildman–Crippen LogP) is 3.53. The van der Waals surface area contributed by atoms with Crippen LogP contribution in [0.3, 0.4) is 0 Å². The Hall–Kier alpha value is -1.10. The molecule has 2 N–H and O–H groups in total. The molecule has 0 radical (unpaired) electrons. The highest BCUT2D eigenvalue weighted by Gasteiger charge is 2.23. The zero-order valence-corrected chi connectivity index (χ0v) is 11.9. The van der Waals surface area contributed by atoms with E-state index in [0.717, 1.165) is 0 Å². The number of nitrogens with zero attached hydrogens (tertiary/aromatic N) is 1. The number of pyridine rings is 1. The lowest BCUT2D eigenvalue weighted by molar-refractivity contribution is 0.0697. The lowest BCUT2D eigenvalue weighted by atomic mass is 9.99. The fourth-order valence-electron chi connectivity index (χ4n) is 2.51. The summed E-state index contributed by atoms with van der Waals surface area (Å²) in [6, 6.07) is 1.85. The molecule has 1 heterocycles. The summed E-state index contributed by atoms with van der Waals surface area (Å²) in [6.45, 7) is 2.10. The highest BCUT2D eigenvalue weighted by molar-refractivity contribution is 9.10. The van der Waals surface area contributed by atoms with Crippen LogP contribution in [0.2, 0.25) is 0 Å². The van der Waals surface area contributed by atoms with Gasteiger partial charge in [0.25, 0.3) is 0 Å². The second kappa shape index (κ2) is 5.69. The van der Waals surface area contributed by atoms with Gasteiger partial charge in [0.2, 0.25) is 0 Å². The quantitative estimate of drug-likeness (QED) is 0.892. The van der Waals surface area contributed by atoms with E-state index in [1.54, 1.807) is 12.3 Å². The number of aromatic carboxylic acids is 1. The van der Waals surface area contributed by atoms with E-state index >= 15 is 0 Å². The number of anilines is 1. The van der Waals surface area contributed by atoms with Crippen molar-refractivity contribution in [3.05, 3.63) is 22.3 Å². The van der Waals surface area contributed by atoms with Crippen molar-refractivity contribution in [2.45, 2.75) is 38.6 Å². The zero-order chi connectivity index (χ0) is 13.1. The summed E-state index contributed by atoms with van der Waals surface area (Å²) in [5.74, 6) is 0.132. The monoisotopic (exact) mass is 312 g/mol. The number of carboxylic acids is 1. The first kappa shape index (κ1) is 13.3. The molecule has 0 bridgehead atoms. The Labute approximate surface area is 115 Å². The van der Waals surface area contributed by atoms with Crippen molar-refractivity contribution in [3.8, 4) is 0 Å². The normalized spacial score (nSPS) is 17.7. The first-order valence-corrected chi connectivity index (χ1v) is 7.02. The molecule has 1 aliphatic rings. The third-order valence-corrected chi connectivity index (χ3v) is 3.99. The van der Waals surface area contributed by atoms with Gasteiger partial charge in [0, 0.05) is 16.7 Å². The highest BCUT2D eigenvalue weighted by Crippen LogP contribution is 2.29. The Kier molecular flexibility index (Phi) is 4.22. The van der Waals surface area contributed by atoms with E-state index in [4.69, 9.17) is 5.11 Å². The van der Waals surface area contributed by atoms with Crippen LogP contribution in [0.5, 0.6) is 0 Å². The van der Waals surface area contributed by atoms with Crippen molar-refractivity contribution in [1.82, 2.24) is 4.98 Å². The summed E-state index contributed by atoms with van der Waals surface area (Å²) < 4.78 is 0.680. The molecule has 1 unspecified atom stereocenters. The van der Waals surface area contributed by atoms with Crippen molar-refractivity contribution in [3.63, 3.8) is 0 Å². The average molecular weight is 313 g/mol. The van der Waals surface area contributed by atoms with Crippen LogP contribution in [0, 0.1) is 5.92 Å². The number of rotatable bonds is 4. The second-order valence-electron chi connectivity index (χ2n) is 4.83. The van der Waals surface area contributed by atoms with Crippen LogP contribution >= 0.6 is 15.9 Å². The van der Waals surface area contributed by atoms with E-state index in [1.807, 2.05) is 0 Å². The Morgan fingerprint density at radius 2 is 2.22 bits per heavy atom. The molecule has 1 saturated carbocycles. The van der Waals surface area contributed by atoms with Gasteiger partial charge in [0.1, 0.15) is 11.4 Å². The van der Waals surface area contributed by atoms with Gasteiger partial charge < -0.3 is 10.4 Å². The first-order chi connectivity index (χ1) is 8.58. The van der Waals surface area contributed by atoms with Gasteiger partial charge in [0.15, 0.2) is 0 Å². The standard InChI is InChI=1S/C13H17BrN2O2/c1-8(9-4-2-3-5-9)16-12-11(13(17)18)6-10(14)7-15-12/h6-9H,2-5H2,1H3,(H,15,16)(H,17,18). The van der Waals surface area contributed by atoms with Gasteiger partial charge in [-0.05, 0) is 47.7 Å². The molecule has 1 aromatic heterocycles. The van der Waals surface area contributed by atoms with E-state index in [2.05, 4.69) is 33.2 Å². The summed E-state index contributed by atoms with van der Waals surface area (Å²) in [5.41, 5.74) is 0.217. The summed E-state index contributed by atoms with van der Waals surface area (Å²) >= 11 is 3.24. The Bertz CT molecular complexity index is 445. The number of nitrogens with one attached hydrogen (secondary N) is 1. The molecule has 4 nitrogen and oxygen atoms in total. The third-order valence-electron chi connectivity index (χ3n) is 3.56. The summed E-state index contributed by atoms with van der Waals surface area (Å²) in [5, 5.41) is 12.4. The van der Waals surface area contributed by atoms with Crippen LogP contribution in [0.25, 0.3) is 0 Å². The Balaban J connectivity index is 2.15. The van der Waals surface area contributed by atoms with Crippen LogP contribution in [0.1, 0.15) is 43.0 Å². The van der Waals surface area contributed by atoms with E-state index in [9.17, 15) is 4.79 Å². The molecular weight excluding hydrogens is 296 g/mol. The molecule has 18 heavy (non-hydrogen) atoms. The van der Waals surface area contributed by atoms with Crippen molar-refractivity contribution in [2.24, 2.45) is 5.92 Å². The summed E-state index contributed by atoms with van der Waals surface area (Å²) in [4.78, 5) is 15.3. The van der Waals surface area contributed by atoms with Crippen LogP contribution in [-0.2, 0) is 0 Å². The smallest absolute Gasteiger partial charge is 0.339 e. The lowest BCUT2D eigenvalue weighted by Gasteiger charge is -2.21. The fraction of sp³-hybridized carbons (Fsp3) is 0.538. The Morgan fingerprint density at radius 1 is 1.56 bits per heavy atom. The molecule has 0 saturated heterocycles. The molecular formula is C13H17BrN2O2. The molecule has 1 aromatic rings. The Morgan fingerprint density at radius 3 is 2.83 bits per heavy atom. The number of carbonyl (C=O) groups is 1. The molecule has 0 amide bonds. The van der Waals surface area contributed by atoms with E-state index in [0.29, 0.717) is 16.2 Å². The average Bonchev–Trinajstić information content (AvgIpc) is 2.84. The summed E-state index contributed by atoms with van der Waals surface area (Å²) in [7, 11) is 0. The first-order valence-electron chi connectivity index (χ1n) is 6.23. The number of halogens is 1. The van der Waals surface area contributed by atoms with Gasteiger partial charge in [-0.3, -0.25) is 0 Å². The van der Waals surface area contributed by atoms with Crippen molar-refractivity contribution < 1.29 is 9.90 Å². The maximum atomic E-state index is 11.2. The van der Waals surface area contributed by atoms with Crippen molar-refractivity contribution in [2.75, 3.05) is 5.32 Å². The molecule has 0 aliphatic heterocycles. The van der Waals surface area contributed by atoms with Gasteiger partial charge in [-0.25, -0.2) is 9.78 Å². The number of hydrogen-bond acceptors (Lipinski definition) is 3. The van der Waals surface area contributed by atoms with Gasteiger partial charge in [0.05, 0.1) is 0 Å². The minimum absolute atomic E-state index is 0.217. The molecule has 0 aromatic carbocycles. The van der Waals surface area contributed by atoms with E-state index < -0.39 is 5.97 Å². The van der Waals surface area contributed by atoms with Gasteiger partial charge in [-0.2, -0.15) is 0 Å². The van der Waals surface area contributed by atoms with Crippen molar-refractivity contribution in [1.29, 1.82) is 0 Å². The summed E-state index contributed by atoms with van der Waals surface area (Å²) in [6.07, 6.45) is 6.60. The van der Waals surface area contributed by atoms with E-state index in [1.165, 1.54) is 25.7 Å². The van der Waals surface area contributed by atoms with Crippen LogP contribution in [-0.4, -0.2) is 22.1 Å². The SMILES string of the molecule is CC(Nc1ncc(Br)cc1C(=O)O)C1CCCC1. The van der Waals surface area contributed by atoms with Crippen LogP contribution < -0.4 is 5.32 Å². The largest absolute Gasteiger partial charge is 0.478 e. The van der Waals surface area contributed by atoms with Crippen LogP contribution in [0.15, 0.2) is 16.7 Å². The fourth-order valence-corrected chi connectivity index (χ4v) is 2.84. The molecule has 1 fully saturated rings. The van der Waals surface area contributed by atoms with Crippen molar-refractivity contribution >= 4 is 27.7 Å². The topological polar surface area (TPSA) is 62.2 Å². The van der Waals surface area contributed by atoms with Gasteiger partial charge >= 0.3 is 5.97 Å². The third kappa shape index (κ3) is 3.02. The highest BCUT2D eigenvalue weighted by atomic mass is 79.9. The molecule has 1 aliphatic carbocycles. The van der Waals surface area contributed by atoms with Gasteiger partial charge in [-0.1, -0.05) is 12.8 Å². The molecule has 1 atom stereocenters. The van der Waals surface area contributed by atoms with Crippen LogP contribution in [0.4, 0.5) is 5.82 Å². The maximum absolute atomic E-state index is 11.2. The predicted molar refractivity (Wildman–Crippen MR) is 73.9 cm³/mol. The lowest BCUT2D eigenvalue weighted by Crippen LogP contribution is -2.25. The molecule has 2 rings (SSSR count).